The maximum atomic E-state index is 12.4. The summed E-state index contributed by atoms with van der Waals surface area (Å²) in [4.78, 5) is 12.8. The fourth-order valence-corrected chi connectivity index (χ4v) is 3.31. The van der Waals surface area contributed by atoms with Gasteiger partial charge >= 0.3 is 0 Å². The molecule has 2 aliphatic rings. The number of thiocarbonyl (C=S) groups is 1. The molecule has 2 fully saturated rings. The van der Waals surface area contributed by atoms with Crippen LogP contribution >= 0.6 is 12.2 Å². The van der Waals surface area contributed by atoms with E-state index in [4.69, 9.17) is 22.7 Å². The maximum absolute atomic E-state index is 12.4. The van der Waals surface area contributed by atoms with Gasteiger partial charge < -0.3 is 15.8 Å². The van der Waals surface area contributed by atoms with Crippen LogP contribution in [0.25, 0.3) is 0 Å². The van der Waals surface area contributed by atoms with E-state index in [2.05, 4.69) is 5.32 Å². The van der Waals surface area contributed by atoms with Gasteiger partial charge in [0.2, 0.25) is 5.91 Å². The summed E-state index contributed by atoms with van der Waals surface area (Å²) in [5.41, 5.74) is 5.51. The number of ether oxygens (including phenoxy) is 1. The van der Waals surface area contributed by atoms with E-state index >= 15 is 0 Å². The van der Waals surface area contributed by atoms with Crippen molar-refractivity contribution in [2.75, 3.05) is 20.3 Å². The van der Waals surface area contributed by atoms with Crippen molar-refractivity contribution in [3.63, 3.8) is 0 Å². The van der Waals surface area contributed by atoms with Crippen LogP contribution in [0.3, 0.4) is 0 Å². The van der Waals surface area contributed by atoms with E-state index in [1.54, 1.807) is 7.11 Å². The van der Waals surface area contributed by atoms with E-state index in [1.807, 2.05) is 0 Å². The van der Waals surface area contributed by atoms with E-state index in [1.165, 1.54) is 12.8 Å². The molecule has 0 aromatic carbocycles. The number of carbonyl (C=O) groups excluding carboxylic acids is 1. The lowest BCUT2D eigenvalue weighted by molar-refractivity contribution is -0.127. The van der Waals surface area contributed by atoms with Crippen LogP contribution in [0.4, 0.5) is 0 Å². The Morgan fingerprint density at radius 1 is 1.32 bits per heavy atom. The maximum Gasteiger partial charge on any atom is 0.233 e. The molecule has 0 unspecified atom stereocenters. The summed E-state index contributed by atoms with van der Waals surface area (Å²) in [5.74, 6) is 0.0428. The summed E-state index contributed by atoms with van der Waals surface area (Å²) in [7, 11) is 1.72. The average Bonchev–Trinajstić information content (AvgIpc) is 2.97. The van der Waals surface area contributed by atoms with Crippen LogP contribution in [-0.2, 0) is 9.53 Å². The zero-order valence-corrected chi connectivity index (χ0v) is 12.5. The summed E-state index contributed by atoms with van der Waals surface area (Å²) in [6, 6.07) is 0. The molecule has 2 saturated carbocycles. The first-order valence-corrected chi connectivity index (χ1v) is 7.53. The molecule has 3 N–H and O–H groups in total. The molecule has 0 spiro atoms. The predicted molar refractivity (Wildman–Crippen MR) is 78.9 cm³/mol. The first-order chi connectivity index (χ1) is 9.05. The number of rotatable bonds is 7. The molecule has 19 heavy (non-hydrogen) atoms. The largest absolute Gasteiger partial charge is 0.392 e. The summed E-state index contributed by atoms with van der Waals surface area (Å²) in [6.07, 6.45) is 7.06. The average molecular weight is 284 g/mol. The summed E-state index contributed by atoms with van der Waals surface area (Å²) in [6.45, 7) is 1.50. The van der Waals surface area contributed by atoms with Gasteiger partial charge in [0.05, 0.1) is 10.4 Å². The van der Waals surface area contributed by atoms with Crippen LogP contribution in [0.1, 0.15) is 44.9 Å². The number of hydrogen-bond acceptors (Lipinski definition) is 3. The van der Waals surface area contributed by atoms with E-state index in [-0.39, 0.29) is 11.3 Å². The van der Waals surface area contributed by atoms with Gasteiger partial charge in [-0.25, -0.2) is 0 Å². The van der Waals surface area contributed by atoms with Gasteiger partial charge in [0.15, 0.2) is 0 Å². The van der Waals surface area contributed by atoms with Crippen LogP contribution in [0.15, 0.2) is 0 Å². The summed E-state index contributed by atoms with van der Waals surface area (Å²) in [5, 5.41) is 3.10. The lowest BCUT2D eigenvalue weighted by Gasteiger charge is -2.27. The minimum Gasteiger partial charge on any atom is -0.392 e. The van der Waals surface area contributed by atoms with Crippen LogP contribution < -0.4 is 11.1 Å². The van der Waals surface area contributed by atoms with Crippen molar-refractivity contribution in [3.05, 3.63) is 0 Å². The van der Waals surface area contributed by atoms with E-state index in [9.17, 15) is 4.79 Å². The summed E-state index contributed by atoms with van der Waals surface area (Å²) >= 11 is 5.13. The second-order valence-corrected chi connectivity index (χ2v) is 6.52. The smallest absolute Gasteiger partial charge is 0.233 e. The molecule has 5 heteroatoms. The first kappa shape index (κ1) is 14.7. The monoisotopic (exact) mass is 284 g/mol. The highest BCUT2D eigenvalue weighted by molar-refractivity contribution is 7.80. The third kappa shape index (κ3) is 3.08. The molecule has 0 saturated heterocycles. The summed E-state index contributed by atoms with van der Waals surface area (Å²) < 4.78 is 5.13. The molecule has 0 bridgehead atoms. The Morgan fingerprint density at radius 2 is 1.95 bits per heavy atom. The molecular formula is C14H24N2O2S. The zero-order valence-electron chi connectivity index (χ0n) is 11.7. The highest BCUT2D eigenvalue weighted by atomic mass is 32.1. The van der Waals surface area contributed by atoms with Gasteiger partial charge in [-0.2, -0.15) is 0 Å². The molecule has 0 aromatic rings. The molecule has 0 atom stereocenters. The Hall–Kier alpha value is -0.680. The van der Waals surface area contributed by atoms with Gasteiger partial charge in [-0.05, 0) is 37.5 Å². The number of nitrogens with two attached hydrogens (primary N) is 1. The minimum atomic E-state index is -0.577. The van der Waals surface area contributed by atoms with Gasteiger partial charge in [-0.1, -0.05) is 25.1 Å². The van der Waals surface area contributed by atoms with Crippen molar-refractivity contribution >= 4 is 23.1 Å². The molecule has 0 radical (unpaired) electrons. The molecule has 0 heterocycles. The fourth-order valence-electron chi connectivity index (χ4n) is 3.01. The minimum absolute atomic E-state index is 0.0428. The van der Waals surface area contributed by atoms with Gasteiger partial charge in [0.1, 0.15) is 0 Å². The Balaban J connectivity index is 1.88. The number of nitrogens with one attached hydrogen (secondary N) is 1. The number of carbonyl (C=O) groups is 1. The standard InChI is InChI=1S/C14H24N2O2S/c1-18-9-8-13(6-7-13)10-16-12(17)14(11(15)19)4-2-3-5-14/h2-10H2,1H3,(H2,15,19)(H,16,17). The van der Waals surface area contributed by atoms with Crippen molar-refractivity contribution in [1.82, 2.24) is 5.32 Å². The van der Waals surface area contributed by atoms with E-state index in [0.29, 0.717) is 4.99 Å². The lowest BCUT2D eigenvalue weighted by Crippen LogP contribution is -2.48. The fraction of sp³-hybridized carbons (Fsp3) is 0.857. The first-order valence-electron chi connectivity index (χ1n) is 7.12. The lowest BCUT2D eigenvalue weighted by atomic mass is 9.85. The van der Waals surface area contributed by atoms with Gasteiger partial charge in [0.25, 0.3) is 0 Å². The normalized spacial score (nSPS) is 23.0. The van der Waals surface area contributed by atoms with E-state index < -0.39 is 5.41 Å². The van der Waals surface area contributed by atoms with Crippen LogP contribution in [0.2, 0.25) is 0 Å². The predicted octanol–water partition coefficient (Wildman–Crippen LogP) is 1.77. The number of amides is 1. The van der Waals surface area contributed by atoms with Crippen LogP contribution in [0, 0.1) is 10.8 Å². The number of methoxy groups -OCH3 is 1. The van der Waals surface area contributed by atoms with Gasteiger partial charge in [-0.15, -0.1) is 0 Å². The Morgan fingerprint density at radius 3 is 2.42 bits per heavy atom. The van der Waals surface area contributed by atoms with E-state index in [0.717, 1.165) is 45.3 Å². The molecule has 0 aliphatic heterocycles. The highest BCUT2D eigenvalue weighted by Crippen LogP contribution is 2.48. The molecule has 0 aromatic heterocycles. The highest BCUT2D eigenvalue weighted by Gasteiger charge is 2.47. The number of hydrogen-bond donors (Lipinski definition) is 2. The Bertz CT molecular complexity index is 360. The van der Waals surface area contributed by atoms with Crippen LogP contribution in [-0.4, -0.2) is 31.2 Å². The zero-order chi connectivity index (χ0) is 13.9. The molecule has 108 valence electrons. The topological polar surface area (TPSA) is 64.3 Å². The third-order valence-electron chi connectivity index (χ3n) is 4.78. The van der Waals surface area contributed by atoms with Crippen LogP contribution in [0.5, 0.6) is 0 Å². The Labute approximate surface area is 120 Å². The molecule has 2 aliphatic carbocycles. The Kier molecular flexibility index (Phi) is 4.46. The van der Waals surface area contributed by atoms with Gasteiger partial charge in [-0.3, -0.25) is 4.79 Å². The molecule has 2 rings (SSSR count). The quantitative estimate of drug-likeness (QED) is 0.699. The van der Waals surface area contributed by atoms with Gasteiger partial charge in [0, 0.05) is 20.3 Å². The van der Waals surface area contributed by atoms with Crippen molar-refractivity contribution in [2.24, 2.45) is 16.6 Å². The van der Waals surface area contributed by atoms with Crippen molar-refractivity contribution in [3.8, 4) is 0 Å². The third-order valence-corrected chi connectivity index (χ3v) is 5.17. The molecular weight excluding hydrogens is 260 g/mol. The van der Waals surface area contributed by atoms with Crippen molar-refractivity contribution in [2.45, 2.75) is 44.9 Å². The SMILES string of the molecule is COCCC1(CNC(=O)C2(C(N)=S)CCCC2)CC1. The van der Waals surface area contributed by atoms with Crippen molar-refractivity contribution in [1.29, 1.82) is 0 Å². The molecule has 4 nitrogen and oxygen atoms in total. The van der Waals surface area contributed by atoms with Crippen molar-refractivity contribution < 1.29 is 9.53 Å². The second-order valence-electron chi connectivity index (χ2n) is 6.08. The second kappa shape index (κ2) is 5.75. The molecule has 1 amide bonds.